The summed E-state index contributed by atoms with van der Waals surface area (Å²) in [7, 11) is 0. The topological polar surface area (TPSA) is 38.4 Å². The Bertz CT molecular complexity index is 654. The zero-order chi connectivity index (χ0) is 14.0. The van der Waals surface area contributed by atoms with Gasteiger partial charge in [0.2, 0.25) is 0 Å². The van der Waals surface area contributed by atoms with Crippen molar-refractivity contribution < 1.29 is 0 Å². The van der Waals surface area contributed by atoms with Crippen molar-refractivity contribution in [1.82, 2.24) is 0 Å². The highest BCUT2D eigenvalue weighted by Gasteiger charge is 2.07. The van der Waals surface area contributed by atoms with E-state index in [0.717, 1.165) is 25.8 Å². The number of aryl methyl sites for hydroxylation is 1. The zero-order valence-electron chi connectivity index (χ0n) is 10.1. The van der Waals surface area contributed by atoms with Gasteiger partial charge in [0.05, 0.1) is 5.69 Å². The third kappa shape index (κ3) is 3.59. The summed E-state index contributed by atoms with van der Waals surface area (Å²) in [6.45, 7) is 1.98. The van der Waals surface area contributed by atoms with Gasteiger partial charge in [-0.15, -0.1) is 0 Å². The van der Waals surface area contributed by atoms with Gasteiger partial charge < -0.3 is 5.73 Å². The maximum absolute atomic E-state index is 6.27. The number of anilines is 1. The second-order valence-corrected chi connectivity index (χ2v) is 6.25. The molecular weight excluding hydrogens is 391 g/mol. The van der Waals surface area contributed by atoms with E-state index in [-0.39, 0.29) is 0 Å². The molecule has 98 valence electrons. The van der Waals surface area contributed by atoms with Crippen LogP contribution in [0.25, 0.3) is 0 Å². The van der Waals surface area contributed by atoms with Gasteiger partial charge in [0.15, 0.2) is 0 Å². The minimum Gasteiger partial charge on any atom is -0.398 e. The highest BCUT2D eigenvalue weighted by atomic mass is 79.9. The van der Waals surface area contributed by atoms with Crippen LogP contribution < -0.4 is 5.73 Å². The Morgan fingerprint density at radius 3 is 2.42 bits per heavy atom. The molecule has 19 heavy (non-hydrogen) atoms. The molecule has 0 heterocycles. The maximum Gasteiger partial charge on any atom is 0.139 e. The molecule has 0 saturated carbocycles. The highest BCUT2D eigenvalue weighted by molar-refractivity contribution is 9.10. The van der Waals surface area contributed by atoms with Crippen LogP contribution in [0.3, 0.4) is 0 Å². The number of nitrogens with two attached hydrogens (primary N) is 1. The number of hydrogen-bond donors (Lipinski definition) is 1. The van der Waals surface area contributed by atoms with E-state index >= 15 is 0 Å². The van der Waals surface area contributed by atoms with Gasteiger partial charge in [0.25, 0.3) is 0 Å². The van der Waals surface area contributed by atoms with E-state index in [9.17, 15) is 0 Å². The molecular formula is C14H11Br2ClN2. The molecule has 2 aromatic carbocycles. The molecule has 0 spiro atoms. The fourth-order valence-electron chi connectivity index (χ4n) is 1.62. The normalized spacial score (nSPS) is 11.7. The van der Waals surface area contributed by atoms with Gasteiger partial charge in [-0.05, 0) is 48.9 Å². The quantitative estimate of drug-likeness (QED) is 0.529. The second-order valence-electron chi connectivity index (χ2n) is 4.06. The molecule has 0 aliphatic heterocycles. The molecule has 2 rings (SSSR count). The van der Waals surface area contributed by atoms with Gasteiger partial charge in [0.1, 0.15) is 5.17 Å². The molecule has 0 radical (unpaired) electrons. The van der Waals surface area contributed by atoms with Gasteiger partial charge in [-0.3, -0.25) is 0 Å². The first kappa shape index (κ1) is 14.6. The van der Waals surface area contributed by atoms with Crippen LogP contribution in [0.15, 0.2) is 50.3 Å². The minimum atomic E-state index is 0.379. The van der Waals surface area contributed by atoms with Crippen molar-refractivity contribution >= 4 is 60.0 Å². The number of hydrogen-bond acceptors (Lipinski definition) is 2. The van der Waals surface area contributed by atoms with Gasteiger partial charge in [0, 0.05) is 20.2 Å². The summed E-state index contributed by atoms with van der Waals surface area (Å²) in [4.78, 5) is 4.43. The number of nitrogen functional groups attached to an aromatic ring is 1. The molecule has 0 aromatic heterocycles. The van der Waals surface area contributed by atoms with Crippen LogP contribution in [0.1, 0.15) is 11.1 Å². The van der Waals surface area contributed by atoms with Crippen LogP contribution >= 0.6 is 43.5 Å². The summed E-state index contributed by atoms with van der Waals surface area (Å²) < 4.78 is 1.93. The largest absolute Gasteiger partial charge is 0.398 e. The predicted octanol–water partition coefficient (Wildman–Crippen LogP) is 5.42. The van der Waals surface area contributed by atoms with Crippen molar-refractivity contribution in [3.63, 3.8) is 0 Å². The molecule has 0 aliphatic carbocycles. The van der Waals surface area contributed by atoms with Gasteiger partial charge >= 0.3 is 0 Å². The smallest absolute Gasteiger partial charge is 0.139 e. The molecule has 2 N–H and O–H groups in total. The van der Waals surface area contributed by atoms with Gasteiger partial charge in [-0.25, -0.2) is 4.99 Å². The van der Waals surface area contributed by atoms with Crippen molar-refractivity contribution in [2.45, 2.75) is 6.92 Å². The Kier molecular flexibility index (Phi) is 4.66. The monoisotopic (exact) mass is 400 g/mol. The van der Waals surface area contributed by atoms with Crippen molar-refractivity contribution in [1.29, 1.82) is 0 Å². The third-order valence-corrected chi connectivity index (χ3v) is 3.89. The molecule has 0 fully saturated rings. The lowest BCUT2D eigenvalue weighted by Crippen LogP contribution is -1.98. The van der Waals surface area contributed by atoms with E-state index in [1.165, 1.54) is 0 Å². The van der Waals surface area contributed by atoms with Crippen LogP contribution in [0.2, 0.25) is 0 Å². The standard InChI is InChI=1S/C14H11Br2ClN2/c1-8-6-9(15)3-5-13(8)19-14(17)11-7-10(16)2-4-12(11)18/h2-7H,18H2,1H3. The zero-order valence-corrected chi connectivity index (χ0v) is 14.1. The van der Waals surface area contributed by atoms with Crippen molar-refractivity contribution in [2.75, 3.05) is 5.73 Å². The first-order valence-electron chi connectivity index (χ1n) is 5.53. The molecule has 5 heteroatoms. The Hall–Kier alpha value is -0.840. The van der Waals surface area contributed by atoms with E-state index < -0.39 is 0 Å². The number of benzene rings is 2. The molecule has 0 atom stereocenters. The minimum absolute atomic E-state index is 0.379. The van der Waals surface area contributed by atoms with Crippen molar-refractivity contribution in [2.24, 2.45) is 4.99 Å². The van der Waals surface area contributed by atoms with Crippen LogP contribution in [-0.4, -0.2) is 5.17 Å². The maximum atomic E-state index is 6.27. The average Bonchev–Trinajstić information content (AvgIpc) is 2.35. The molecule has 0 aliphatic rings. The fraction of sp³-hybridized carbons (Fsp3) is 0.0714. The molecule has 0 amide bonds. The fourth-order valence-corrected chi connectivity index (χ4v) is 2.71. The van der Waals surface area contributed by atoms with Crippen LogP contribution in [0, 0.1) is 6.92 Å². The summed E-state index contributed by atoms with van der Waals surface area (Å²) in [5.41, 5.74) is 9.11. The first-order chi connectivity index (χ1) is 8.97. The van der Waals surface area contributed by atoms with E-state index in [1.54, 1.807) is 6.07 Å². The number of nitrogens with zero attached hydrogens (tertiary/aromatic N) is 1. The number of rotatable bonds is 2. The molecule has 0 bridgehead atoms. The van der Waals surface area contributed by atoms with Crippen LogP contribution in [0.4, 0.5) is 11.4 Å². The van der Waals surface area contributed by atoms with E-state index in [1.807, 2.05) is 37.3 Å². The highest BCUT2D eigenvalue weighted by Crippen LogP contribution is 2.26. The van der Waals surface area contributed by atoms with E-state index in [4.69, 9.17) is 17.3 Å². The van der Waals surface area contributed by atoms with Crippen molar-refractivity contribution in [3.8, 4) is 0 Å². The Morgan fingerprint density at radius 2 is 1.74 bits per heavy atom. The van der Waals surface area contributed by atoms with E-state index in [2.05, 4.69) is 36.9 Å². The van der Waals surface area contributed by atoms with Gasteiger partial charge in [-0.1, -0.05) is 43.5 Å². The Balaban J connectivity index is 2.45. The number of halogens is 3. The summed E-state index contributed by atoms with van der Waals surface area (Å²) in [5, 5.41) is 0.379. The first-order valence-corrected chi connectivity index (χ1v) is 7.49. The number of aliphatic imine (C=N–C) groups is 1. The van der Waals surface area contributed by atoms with Gasteiger partial charge in [-0.2, -0.15) is 0 Å². The summed E-state index contributed by atoms with van der Waals surface area (Å²) in [6.07, 6.45) is 0. The molecule has 2 aromatic rings. The molecule has 0 unspecified atom stereocenters. The summed E-state index contributed by atoms with van der Waals surface area (Å²) in [5.74, 6) is 0. The van der Waals surface area contributed by atoms with E-state index in [0.29, 0.717) is 10.9 Å². The molecule has 0 saturated heterocycles. The lowest BCUT2D eigenvalue weighted by molar-refractivity contribution is 1.39. The average molecular weight is 403 g/mol. The lowest BCUT2D eigenvalue weighted by atomic mass is 10.2. The SMILES string of the molecule is Cc1cc(Br)ccc1N=C(Cl)c1cc(Br)ccc1N. The Labute approximate surface area is 133 Å². The summed E-state index contributed by atoms with van der Waals surface area (Å²) in [6, 6.07) is 11.4. The lowest BCUT2D eigenvalue weighted by Gasteiger charge is -2.06. The van der Waals surface area contributed by atoms with Crippen molar-refractivity contribution in [3.05, 3.63) is 56.5 Å². The molecule has 2 nitrogen and oxygen atoms in total. The Morgan fingerprint density at radius 1 is 1.11 bits per heavy atom. The second kappa shape index (κ2) is 6.07. The summed E-state index contributed by atoms with van der Waals surface area (Å²) >= 11 is 13.1. The van der Waals surface area contributed by atoms with Crippen LogP contribution in [-0.2, 0) is 0 Å². The predicted molar refractivity (Wildman–Crippen MR) is 89.5 cm³/mol. The van der Waals surface area contributed by atoms with Crippen LogP contribution in [0.5, 0.6) is 0 Å². The third-order valence-electron chi connectivity index (χ3n) is 2.62.